The normalized spacial score (nSPS) is 11.4. The molecule has 0 heterocycles. The zero-order valence-electron chi connectivity index (χ0n) is 17.7. The fourth-order valence-corrected chi connectivity index (χ4v) is 4.65. The summed E-state index contributed by atoms with van der Waals surface area (Å²) in [4.78, 5) is 12.9. The Labute approximate surface area is 188 Å². The summed E-state index contributed by atoms with van der Waals surface area (Å²) < 4.78 is 27.8. The van der Waals surface area contributed by atoms with Crippen LogP contribution in [0.4, 0.5) is 11.4 Å². The van der Waals surface area contributed by atoms with E-state index in [1.165, 1.54) is 24.3 Å². The first kappa shape index (κ1) is 22.8. The Kier molecular flexibility index (Phi) is 7.03. The van der Waals surface area contributed by atoms with Crippen LogP contribution in [0.1, 0.15) is 30.9 Å². The number of nitrogens with one attached hydrogen (secondary N) is 1. The smallest absolute Gasteiger partial charge is 0.264 e. The zero-order chi connectivity index (χ0) is 22.6. The van der Waals surface area contributed by atoms with Gasteiger partial charge in [-0.1, -0.05) is 49.7 Å². The van der Waals surface area contributed by atoms with Crippen molar-refractivity contribution in [3.05, 3.63) is 88.9 Å². The van der Waals surface area contributed by atoms with Crippen LogP contribution in [0.25, 0.3) is 0 Å². The highest BCUT2D eigenvalue weighted by molar-refractivity contribution is 7.92. The van der Waals surface area contributed by atoms with Crippen LogP contribution >= 0.6 is 11.6 Å². The minimum absolute atomic E-state index is 0.0625. The number of hydrogen-bond donors (Lipinski definition) is 1. The Bertz CT molecular complexity index is 1160. The minimum Gasteiger partial charge on any atom is -0.325 e. The van der Waals surface area contributed by atoms with Crippen LogP contribution in [-0.4, -0.2) is 20.9 Å². The largest absolute Gasteiger partial charge is 0.325 e. The van der Waals surface area contributed by atoms with Crippen molar-refractivity contribution in [1.82, 2.24) is 0 Å². The molecule has 0 atom stereocenters. The molecule has 3 rings (SSSR count). The highest BCUT2D eigenvalue weighted by Crippen LogP contribution is 2.26. The van der Waals surface area contributed by atoms with Gasteiger partial charge in [0.05, 0.1) is 10.6 Å². The van der Waals surface area contributed by atoms with Crippen LogP contribution in [-0.2, 0) is 14.8 Å². The van der Waals surface area contributed by atoms with Gasteiger partial charge in [0.2, 0.25) is 5.91 Å². The van der Waals surface area contributed by atoms with Crippen molar-refractivity contribution in [2.45, 2.75) is 31.6 Å². The van der Waals surface area contributed by atoms with Gasteiger partial charge < -0.3 is 5.32 Å². The molecule has 1 N–H and O–H groups in total. The second-order valence-electron chi connectivity index (χ2n) is 7.63. The molecule has 0 aromatic heterocycles. The standard InChI is InChI=1S/C24H25ClN2O3S/c1-17(2)19-7-11-21(12-8-19)26-24(28)16-27(22-6-4-5-18(3)15-22)31(29,30)23-13-9-20(25)10-14-23/h4-15,17H,16H2,1-3H3,(H,26,28). The molecule has 3 aromatic rings. The van der Waals surface area contributed by atoms with E-state index < -0.39 is 15.9 Å². The average molecular weight is 457 g/mol. The first-order valence-corrected chi connectivity index (χ1v) is 11.7. The van der Waals surface area contributed by atoms with E-state index in [-0.39, 0.29) is 11.4 Å². The summed E-state index contributed by atoms with van der Waals surface area (Å²) in [5, 5.41) is 3.22. The maximum Gasteiger partial charge on any atom is 0.264 e. The lowest BCUT2D eigenvalue weighted by Crippen LogP contribution is -2.38. The topological polar surface area (TPSA) is 66.5 Å². The first-order chi connectivity index (χ1) is 14.7. The predicted molar refractivity (Wildman–Crippen MR) is 126 cm³/mol. The fraction of sp³-hybridized carbons (Fsp3) is 0.208. The molecule has 7 heteroatoms. The number of carbonyl (C=O) groups excluding carboxylic acids is 1. The molecule has 0 fully saturated rings. The van der Waals surface area contributed by atoms with Crippen LogP contribution in [0.3, 0.4) is 0 Å². The number of sulfonamides is 1. The Hall–Kier alpha value is -2.83. The molecule has 162 valence electrons. The van der Waals surface area contributed by atoms with Gasteiger partial charge in [-0.05, 0) is 72.5 Å². The average Bonchev–Trinajstić information content (AvgIpc) is 2.72. The van der Waals surface area contributed by atoms with E-state index in [1.807, 2.05) is 37.3 Å². The van der Waals surface area contributed by atoms with Crippen molar-refractivity contribution in [2.75, 3.05) is 16.2 Å². The van der Waals surface area contributed by atoms with Crippen molar-refractivity contribution in [3.8, 4) is 0 Å². The first-order valence-electron chi connectivity index (χ1n) is 9.91. The monoisotopic (exact) mass is 456 g/mol. The summed E-state index contributed by atoms with van der Waals surface area (Å²) in [5.74, 6) is -0.0533. The molecule has 0 aliphatic heterocycles. The maximum absolute atomic E-state index is 13.4. The van der Waals surface area contributed by atoms with E-state index in [9.17, 15) is 13.2 Å². The molecule has 1 amide bonds. The molecule has 0 radical (unpaired) electrons. The van der Waals surface area contributed by atoms with Gasteiger partial charge in [0.1, 0.15) is 6.54 Å². The van der Waals surface area contributed by atoms with Gasteiger partial charge in [-0.25, -0.2) is 8.42 Å². The van der Waals surface area contributed by atoms with Gasteiger partial charge >= 0.3 is 0 Å². The molecule has 3 aromatic carbocycles. The molecule has 0 spiro atoms. The second-order valence-corrected chi connectivity index (χ2v) is 9.93. The third-order valence-corrected chi connectivity index (χ3v) is 6.88. The van der Waals surface area contributed by atoms with Crippen LogP contribution < -0.4 is 9.62 Å². The van der Waals surface area contributed by atoms with E-state index in [2.05, 4.69) is 19.2 Å². The third-order valence-electron chi connectivity index (χ3n) is 4.84. The number of aryl methyl sites for hydroxylation is 1. The van der Waals surface area contributed by atoms with Crippen molar-refractivity contribution in [3.63, 3.8) is 0 Å². The van der Waals surface area contributed by atoms with E-state index in [0.29, 0.717) is 22.3 Å². The zero-order valence-corrected chi connectivity index (χ0v) is 19.2. The Morgan fingerprint density at radius 1 is 1.00 bits per heavy atom. The molecule has 0 saturated heterocycles. The number of anilines is 2. The SMILES string of the molecule is Cc1cccc(N(CC(=O)Nc2ccc(C(C)C)cc2)S(=O)(=O)c2ccc(Cl)cc2)c1. The van der Waals surface area contributed by atoms with Gasteiger partial charge in [0.25, 0.3) is 10.0 Å². The molecular weight excluding hydrogens is 432 g/mol. The van der Waals surface area contributed by atoms with Crippen molar-refractivity contribution in [2.24, 2.45) is 0 Å². The van der Waals surface area contributed by atoms with Gasteiger partial charge in [-0.2, -0.15) is 0 Å². The predicted octanol–water partition coefficient (Wildman–Crippen LogP) is 5.61. The van der Waals surface area contributed by atoms with Crippen molar-refractivity contribution >= 4 is 38.9 Å². The lowest BCUT2D eigenvalue weighted by molar-refractivity contribution is -0.114. The number of amides is 1. The molecule has 0 aliphatic carbocycles. The molecule has 0 bridgehead atoms. The maximum atomic E-state index is 13.4. The van der Waals surface area contributed by atoms with Gasteiger partial charge in [0.15, 0.2) is 0 Å². The third kappa shape index (κ3) is 5.66. The summed E-state index contributed by atoms with van der Waals surface area (Å²) in [6, 6.07) is 20.5. The summed E-state index contributed by atoms with van der Waals surface area (Å²) in [7, 11) is -3.98. The summed E-state index contributed by atoms with van der Waals surface area (Å²) in [6.45, 7) is 5.69. The Morgan fingerprint density at radius 3 is 2.23 bits per heavy atom. The van der Waals surface area contributed by atoms with Crippen LogP contribution in [0, 0.1) is 6.92 Å². The van der Waals surface area contributed by atoms with E-state index in [1.54, 1.807) is 18.2 Å². The van der Waals surface area contributed by atoms with Gasteiger partial charge in [-0.15, -0.1) is 0 Å². The molecule has 0 unspecified atom stereocenters. The summed E-state index contributed by atoms with van der Waals surface area (Å²) in [5.41, 5.74) is 3.07. The van der Waals surface area contributed by atoms with Crippen molar-refractivity contribution < 1.29 is 13.2 Å². The quantitative estimate of drug-likeness (QED) is 0.502. The highest BCUT2D eigenvalue weighted by atomic mass is 35.5. The second kappa shape index (κ2) is 9.54. The number of benzene rings is 3. The van der Waals surface area contributed by atoms with E-state index >= 15 is 0 Å². The Morgan fingerprint density at radius 2 is 1.65 bits per heavy atom. The lowest BCUT2D eigenvalue weighted by atomic mass is 10.0. The van der Waals surface area contributed by atoms with Gasteiger partial charge in [-0.3, -0.25) is 9.10 Å². The van der Waals surface area contributed by atoms with Crippen LogP contribution in [0.15, 0.2) is 77.7 Å². The highest BCUT2D eigenvalue weighted by Gasteiger charge is 2.27. The van der Waals surface area contributed by atoms with Crippen molar-refractivity contribution in [1.29, 1.82) is 0 Å². The summed E-state index contributed by atoms with van der Waals surface area (Å²) >= 11 is 5.91. The molecule has 31 heavy (non-hydrogen) atoms. The summed E-state index contributed by atoms with van der Waals surface area (Å²) in [6.07, 6.45) is 0. The fourth-order valence-electron chi connectivity index (χ4n) is 3.11. The van der Waals surface area contributed by atoms with E-state index in [4.69, 9.17) is 11.6 Å². The molecular formula is C24H25ClN2O3S. The number of nitrogens with zero attached hydrogens (tertiary/aromatic N) is 1. The number of hydrogen-bond acceptors (Lipinski definition) is 3. The minimum atomic E-state index is -3.98. The van der Waals surface area contributed by atoms with Crippen LogP contribution in [0.5, 0.6) is 0 Å². The van der Waals surface area contributed by atoms with E-state index in [0.717, 1.165) is 15.4 Å². The number of rotatable bonds is 7. The molecule has 5 nitrogen and oxygen atoms in total. The molecule has 0 saturated carbocycles. The van der Waals surface area contributed by atoms with Gasteiger partial charge in [0, 0.05) is 10.7 Å². The number of halogens is 1. The van der Waals surface area contributed by atoms with Crippen LogP contribution in [0.2, 0.25) is 5.02 Å². The Balaban J connectivity index is 1.89. The molecule has 0 aliphatic rings. The number of carbonyl (C=O) groups is 1. The lowest BCUT2D eigenvalue weighted by Gasteiger charge is -2.24.